The number of rotatable bonds is 6. The summed E-state index contributed by atoms with van der Waals surface area (Å²) in [6.07, 6.45) is 4.14. The van der Waals surface area contributed by atoms with Gasteiger partial charge in [0.2, 0.25) is 10.0 Å². The van der Waals surface area contributed by atoms with Gasteiger partial charge in [0.25, 0.3) is 0 Å². The van der Waals surface area contributed by atoms with Crippen LogP contribution in [0.15, 0.2) is 16.3 Å². The molecule has 1 aliphatic heterocycles. The zero-order chi connectivity index (χ0) is 13.7. The van der Waals surface area contributed by atoms with Crippen molar-refractivity contribution in [3.05, 3.63) is 16.3 Å². The zero-order valence-corrected chi connectivity index (χ0v) is 12.3. The minimum absolute atomic E-state index is 0.129. The molecule has 19 heavy (non-hydrogen) atoms. The van der Waals surface area contributed by atoms with Crippen LogP contribution in [0.5, 0.6) is 0 Å². The van der Waals surface area contributed by atoms with E-state index in [-0.39, 0.29) is 17.6 Å². The Morgan fingerprint density at radius 3 is 2.95 bits per heavy atom. The maximum atomic E-state index is 12.0. The summed E-state index contributed by atoms with van der Waals surface area (Å²) in [5, 5.41) is 10.5. The molecule has 2 N–H and O–H groups in total. The molecule has 0 spiro atoms. The van der Waals surface area contributed by atoms with Crippen molar-refractivity contribution in [3.8, 4) is 0 Å². The first-order chi connectivity index (χ1) is 9.12. The summed E-state index contributed by atoms with van der Waals surface area (Å²) in [6, 6.07) is 1.50. The lowest BCUT2D eigenvalue weighted by Gasteiger charge is -2.22. The highest BCUT2D eigenvalue weighted by Gasteiger charge is 2.18. The summed E-state index contributed by atoms with van der Waals surface area (Å²) in [7, 11) is -3.46. The molecule has 5 nitrogen and oxygen atoms in total. The number of hydrogen-bond donors (Lipinski definition) is 2. The second-order valence-corrected chi connectivity index (χ2v) is 7.34. The fourth-order valence-electron chi connectivity index (χ4n) is 2.06. The van der Waals surface area contributed by atoms with Crippen LogP contribution in [0, 0.1) is 0 Å². The van der Waals surface area contributed by atoms with Gasteiger partial charge in [0.15, 0.2) is 0 Å². The van der Waals surface area contributed by atoms with Gasteiger partial charge in [-0.1, -0.05) is 0 Å². The number of aliphatic hydroxyl groups excluding tert-OH is 1. The normalized spacial score (nSPS) is 20.6. The van der Waals surface area contributed by atoms with Crippen LogP contribution in [0.3, 0.4) is 0 Å². The van der Waals surface area contributed by atoms with Crippen LogP contribution in [0.2, 0.25) is 0 Å². The first kappa shape index (κ1) is 14.9. The Hall–Kier alpha value is -0.470. The predicted molar refractivity (Wildman–Crippen MR) is 73.6 cm³/mol. The van der Waals surface area contributed by atoms with Crippen molar-refractivity contribution in [1.82, 2.24) is 4.72 Å². The van der Waals surface area contributed by atoms with Crippen molar-refractivity contribution in [1.29, 1.82) is 0 Å². The van der Waals surface area contributed by atoms with Crippen LogP contribution in [-0.4, -0.2) is 32.8 Å². The zero-order valence-electron chi connectivity index (χ0n) is 10.7. The summed E-state index contributed by atoms with van der Waals surface area (Å²) in [5.41, 5.74) is 0. The van der Waals surface area contributed by atoms with Crippen molar-refractivity contribution < 1.29 is 18.3 Å². The molecular weight excluding hydrogens is 286 g/mol. The molecule has 1 atom stereocenters. The van der Waals surface area contributed by atoms with E-state index in [1.54, 1.807) is 5.38 Å². The highest BCUT2D eigenvalue weighted by Crippen LogP contribution is 2.19. The average Bonchev–Trinajstić information content (AvgIpc) is 2.89. The van der Waals surface area contributed by atoms with Crippen LogP contribution in [0.25, 0.3) is 0 Å². The average molecular weight is 305 g/mol. The Kier molecular flexibility index (Phi) is 5.35. The molecule has 0 saturated carbocycles. The minimum Gasteiger partial charge on any atom is -0.391 e. The van der Waals surface area contributed by atoms with Crippen molar-refractivity contribution >= 4 is 21.4 Å². The molecule has 1 saturated heterocycles. The minimum atomic E-state index is -3.46. The van der Waals surface area contributed by atoms with Gasteiger partial charge in [0.05, 0.1) is 17.6 Å². The van der Waals surface area contributed by atoms with Gasteiger partial charge in [-0.25, -0.2) is 13.1 Å². The van der Waals surface area contributed by atoms with Gasteiger partial charge < -0.3 is 9.84 Å². The van der Waals surface area contributed by atoms with Crippen LogP contribution < -0.4 is 4.72 Å². The molecule has 1 fully saturated rings. The van der Waals surface area contributed by atoms with Gasteiger partial charge in [-0.15, -0.1) is 11.3 Å². The van der Waals surface area contributed by atoms with E-state index in [1.165, 1.54) is 17.4 Å². The number of thiophene rings is 1. The van der Waals surface area contributed by atoms with Gasteiger partial charge in [0.1, 0.15) is 0 Å². The van der Waals surface area contributed by atoms with Crippen LogP contribution in [0.1, 0.15) is 30.6 Å². The number of nitrogens with one attached hydrogen (secondary N) is 1. The summed E-state index contributed by atoms with van der Waals surface area (Å²) in [4.78, 5) is 0.877. The quantitative estimate of drug-likeness (QED) is 0.834. The predicted octanol–water partition coefficient (Wildman–Crippen LogP) is 1.48. The summed E-state index contributed by atoms with van der Waals surface area (Å²) in [6.45, 7) is 1.04. The van der Waals surface area contributed by atoms with Gasteiger partial charge >= 0.3 is 0 Å². The SMILES string of the molecule is O=S(=O)(NCCC1CCCCO1)c1csc(CO)c1. The third kappa shape index (κ3) is 4.25. The van der Waals surface area contributed by atoms with E-state index in [1.807, 2.05) is 0 Å². The smallest absolute Gasteiger partial charge is 0.241 e. The monoisotopic (exact) mass is 305 g/mol. The molecule has 1 aromatic rings. The molecule has 0 aromatic carbocycles. The third-order valence-corrected chi connectivity index (χ3v) is 5.64. The number of hydrogen-bond acceptors (Lipinski definition) is 5. The van der Waals surface area contributed by atoms with E-state index in [0.29, 0.717) is 17.8 Å². The van der Waals surface area contributed by atoms with Crippen LogP contribution in [-0.2, 0) is 21.4 Å². The topological polar surface area (TPSA) is 75.6 Å². The second kappa shape index (κ2) is 6.81. The van der Waals surface area contributed by atoms with Gasteiger partial charge in [-0.2, -0.15) is 0 Å². The molecule has 7 heteroatoms. The van der Waals surface area contributed by atoms with E-state index in [9.17, 15) is 8.42 Å². The van der Waals surface area contributed by atoms with E-state index in [4.69, 9.17) is 9.84 Å². The van der Waals surface area contributed by atoms with E-state index in [0.717, 1.165) is 25.9 Å². The molecule has 1 unspecified atom stereocenters. The van der Waals surface area contributed by atoms with Crippen molar-refractivity contribution in [3.63, 3.8) is 0 Å². The van der Waals surface area contributed by atoms with E-state index < -0.39 is 10.0 Å². The highest BCUT2D eigenvalue weighted by molar-refractivity contribution is 7.89. The first-order valence-corrected chi connectivity index (χ1v) is 8.77. The Bertz CT molecular complexity index is 492. The van der Waals surface area contributed by atoms with Crippen LogP contribution in [0.4, 0.5) is 0 Å². The summed E-state index contributed by atoms with van der Waals surface area (Å²) < 4.78 is 32.1. The lowest BCUT2D eigenvalue weighted by Crippen LogP contribution is -2.29. The van der Waals surface area contributed by atoms with Crippen molar-refractivity contribution in [2.75, 3.05) is 13.2 Å². The lowest BCUT2D eigenvalue weighted by molar-refractivity contribution is 0.0123. The molecular formula is C12H19NO4S2. The highest BCUT2D eigenvalue weighted by atomic mass is 32.2. The Labute approximate surface area is 117 Å². The maximum Gasteiger partial charge on any atom is 0.241 e. The summed E-state index contributed by atoms with van der Waals surface area (Å²) >= 11 is 1.24. The molecule has 2 rings (SSSR count). The second-order valence-electron chi connectivity index (χ2n) is 4.58. The molecule has 1 aromatic heterocycles. The van der Waals surface area contributed by atoms with Crippen LogP contribution >= 0.6 is 11.3 Å². The summed E-state index contributed by atoms with van der Waals surface area (Å²) in [5.74, 6) is 0. The number of aliphatic hydroxyl groups is 1. The standard InChI is InChI=1S/C12H19NO4S2/c14-8-11-7-12(9-18-11)19(15,16)13-5-4-10-3-1-2-6-17-10/h7,9-10,13-14H,1-6,8H2. The van der Waals surface area contributed by atoms with Gasteiger partial charge in [-0.3, -0.25) is 0 Å². The lowest BCUT2D eigenvalue weighted by atomic mass is 10.1. The Morgan fingerprint density at radius 2 is 2.32 bits per heavy atom. The first-order valence-electron chi connectivity index (χ1n) is 6.41. The van der Waals surface area contributed by atoms with Crippen molar-refractivity contribution in [2.24, 2.45) is 0 Å². The largest absolute Gasteiger partial charge is 0.391 e. The molecule has 108 valence electrons. The fraction of sp³-hybridized carbons (Fsp3) is 0.667. The van der Waals surface area contributed by atoms with Crippen molar-refractivity contribution in [2.45, 2.75) is 43.3 Å². The third-order valence-electron chi connectivity index (χ3n) is 3.13. The Balaban J connectivity index is 1.83. The molecule has 0 radical (unpaired) electrons. The number of ether oxygens (including phenoxy) is 1. The molecule has 2 heterocycles. The Morgan fingerprint density at radius 1 is 1.47 bits per heavy atom. The van der Waals surface area contributed by atoms with Gasteiger partial charge in [-0.05, 0) is 31.7 Å². The van der Waals surface area contributed by atoms with E-state index in [2.05, 4.69) is 4.72 Å². The van der Waals surface area contributed by atoms with Gasteiger partial charge in [0, 0.05) is 23.4 Å². The molecule has 1 aliphatic rings. The molecule has 0 amide bonds. The number of sulfonamides is 1. The van der Waals surface area contributed by atoms with E-state index >= 15 is 0 Å². The molecule has 0 aliphatic carbocycles. The molecule has 0 bridgehead atoms. The maximum absolute atomic E-state index is 12.0. The fourth-order valence-corrected chi connectivity index (χ4v) is 4.24.